The molecule has 2 unspecified atom stereocenters. The Kier molecular flexibility index (Phi) is 3.63. The molecule has 4 heterocycles. The van der Waals surface area contributed by atoms with Crippen molar-refractivity contribution < 1.29 is 20.4 Å². The van der Waals surface area contributed by atoms with Crippen molar-refractivity contribution in [3.63, 3.8) is 0 Å². The summed E-state index contributed by atoms with van der Waals surface area (Å²) in [5, 5.41) is 3.50. The number of hydrogen-bond acceptors (Lipinski definition) is 3. The van der Waals surface area contributed by atoms with Crippen LogP contribution in [0.2, 0.25) is 0 Å². The number of rotatable bonds is 2. The second-order valence-corrected chi connectivity index (χ2v) is 5.22. The van der Waals surface area contributed by atoms with Crippen molar-refractivity contribution in [2.75, 3.05) is 13.1 Å². The molecule has 0 amide bonds. The van der Waals surface area contributed by atoms with Crippen molar-refractivity contribution in [2.45, 2.75) is 19.3 Å². The molecule has 4 rings (SSSR count). The topological polar surface area (TPSA) is 56.3 Å². The largest absolute Gasteiger partial charge is 0.441 e. The first-order valence-electron chi connectivity index (χ1n) is 6.83. The molecule has 0 aliphatic carbocycles. The van der Waals surface area contributed by atoms with Gasteiger partial charge < -0.3 is 15.3 Å². The summed E-state index contributed by atoms with van der Waals surface area (Å²) in [5.74, 6) is 1.21. The molecule has 6 heteroatoms. The fraction of sp³-hybridized carbons (Fsp3) is 0.429. The maximum Gasteiger partial charge on any atom is 0.133 e. The number of nitrogens with one attached hydrogen (secondary N) is 1. The van der Waals surface area contributed by atoms with Gasteiger partial charge in [-0.25, -0.2) is 4.98 Å². The number of hydrogen-bond donors (Lipinski definition) is 1. The second kappa shape index (κ2) is 5.29. The van der Waals surface area contributed by atoms with E-state index in [0.29, 0.717) is 11.8 Å². The predicted molar refractivity (Wildman–Crippen MR) is 73.2 cm³/mol. The summed E-state index contributed by atoms with van der Waals surface area (Å²) in [4.78, 5) is 13.1. The van der Waals surface area contributed by atoms with E-state index in [1.807, 2.05) is 24.7 Å². The molecule has 20 heavy (non-hydrogen) atoms. The van der Waals surface area contributed by atoms with Crippen molar-refractivity contribution in [2.24, 2.45) is 5.92 Å². The van der Waals surface area contributed by atoms with E-state index in [2.05, 4.69) is 31.6 Å². The van der Waals surface area contributed by atoms with Gasteiger partial charge in [0, 0.05) is 50.3 Å². The summed E-state index contributed by atoms with van der Waals surface area (Å²) in [5.41, 5.74) is 4.06. The molecule has 3 aromatic rings. The van der Waals surface area contributed by atoms with Gasteiger partial charge in [-0.3, -0.25) is 4.40 Å². The number of imidazole rings is 1. The van der Waals surface area contributed by atoms with Crippen molar-refractivity contribution in [3.8, 4) is 0 Å². The Morgan fingerprint density at radius 1 is 1.35 bits per heavy atom. The van der Waals surface area contributed by atoms with Crippen LogP contribution < -0.4 is 10.3 Å². The summed E-state index contributed by atoms with van der Waals surface area (Å²) in [7, 11) is 0. The average Bonchev–Trinajstić information content (AvgIpc) is 3.15. The first-order chi connectivity index (χ1) is 9.38. The molecular weight excluding hydrogens is 424 g/mol. The third-order valence-electron chi connectivity index (χ3n) is 4.26. The minimum atomic E-state index is 0. The first kappa shape index (κ1) is 13.8. The quantitative estimate of drug-likeness (QED) is 0.657. The van der Waals surface area contributed by atoms with E-state index in [0.717, 1.165) is 29.9 Å². The monoisotopic (exact) mass is 441 g/mol. The number of fused-ring (bicyclic) bond motifs is 3. The van der Waals surface area contributed by atoms with E-state index in [-0.39, 0.29) is 20.4 Å². The van der Waals surface area contributed by atoms with Gasteiger partial charge in [0.1, 0.15) is 5.65 Å². The second-order valence-electron chi connectivity index (χ2n) is 5.22. The van der Waals surface area contributed by atoms with Crippen LogP contribution in [-0.2, 0) is 20.4 Å². The van der Waals surface area contributed by atoms with Crippen LogP contribution in [0.15, 0.2) is 24.7 Å². The van der Waals surface area contributed by atoms with E-state index in [9.17, 15) is 0 Å². The van der Waals surface area contributed by atoms with E-state index in [4.69, 9.17) is 0 Å². The normalized spacial score (nSPS) is 22.4. The van der Waals surface area contributed by atoms with Gasteiger partial charge in [-0.05, 0) is 30.4 Å². The molecule has 0 bridgehead atoms. The summed E-state index contributed by atoms with van der Waals surface area (Å²) in [6, 6.07) is 2.02. The minimum Gasteiger partial charge on any atom is -0.441 e. The van der Waals surface area contributed by atoms with E-state index in [1.54, 1.807) is 0 Å². The Bertz CT molecular complexity index is 731. The molecule has 3 aromatic heterocycles. The van der Waals surface area contributed by atoms with Gasteiger partial charge in [-0.2, -0.15) is 0 Å². The van der Waals surface area contributed by atoms with Crippen molar-refractivity contribution in [1.82, 2.24) is 24.7 Å². The van der Waals surface area contributed by atoms with E-state index >= 15 is 0 Å². The standard InChI is InChI=1S/C14H16N5.Re/c1-2-9-5-15-6-10(9)12-7-17-13-8-18-14-11(19(12)13)3-4-16-14;/h3-4,7-10,15H,2,5-6H2,1H3;/q-1;. The Morgan fingerprint density at radius 2 is 2.25 bits per heavy atom. The molecular formula is C14H16N5Re-. The van der Waals surface area contributed by atoms with E-state index in [1.165, 1.54) is 12.1 Å². The summed E-state index contributed by atoms with van der Waals surface area (Å²) in [6.45, 7) is 4.39. The van der Waals surface area contributed by atoms with Gasteiger partial charge in [0.15, 0.2) is 0 Å². The Hall–Kier alpha value is -1.22. The summed E-state index contributed by atoms with van der Waals surface area (Å²) in [6.07, 6.45) is 6.81. The van der Waals surface area contributed by atoms with E-state index < -0.39 is 0 Å². The molecule has 105 valence electrons. The third kappa shape index (κ3) is 1.91. The molecule has 0 spiro atoms. The molecule has 5 nitrogen and oxygen atoms in total. The van der Waals surface area contributed by atoms with Gasteiger partial charge in [0.05, 0.1) is 0 Å². The molecule has 1 fully saturated rings. The van der Waals surface area contributed by atoms with Crippen LogP contribution in [-0.4, -0.2) is 27.5 Å². The fourth-order valence-electron chi connectivity index (χ4n) is 3.22. The molecule has 1 radical (unpaired) electrons. The molecule has 1 saturated heterocycles. The van der Waals surface area contributed by atoms with Crippen molar-refractivity contribution in [3.05, 3.63) is 30.4 Å². The third-order valence-corrected chi connectivity index (χ3v) is 4.26. The zero-order chi connectivity index (χ0) is 12.8. The maximum atomic E-state index is 4.51. The van der Waals surface area contributed by atoms with Gasteiger partial charge in [0.2, 0.25) is 0 Å². The van der Waals surface area contributed by atoms with Gasteiger partial charge in [0.25, 0.3) is 0 Å². The predicted octanol–water partition coefficient (Wildman–Crippen LogP) is 1.55. The van der Waals surface area contributed by atoms with Crippen LogP contribution in [0.25, 0.3) is 16.8 Å². The number of nitrogens with zero attached hydrogens (tertiary/aromatic N) is 4. The summed E-state index contributed by atoms with van der Waals surface area (Å²) < 4.78 is 2.22. The van der Waals surface area contributed by atoms with Crippen molar-refractivity contribution >= 4 is 16.8 Å². The van der Waals surface area contributed by atoms with Gasteiger partial charge in [-0.15, -0.1) is 0 Å². The molecule has 0 saturated carbocycles. The molecule has 2 atom stereocenters. The van der Waals surface area contributed by atoms with Gasteiger partial charge >= 0.3 is 0 Å². The minimum absolute atomic E-state index is 0. The van der Waals surface area contributed by atoms with Crippen LogP contribution >= 0.6 is 0 Å². The Morgan fingerprint density at radius 3 is 3.10 bits per heavy atom. The maximum absolute atomic E-state index is 4.51. The zero-order valence-corrected chi connectivity index (χ0v) is 14.0. The molecule has 1 aliphatic heterocycles. The average molecular weight is 441 g/mol. The van der Waals surface area contributed by atoms with Crippen molar-refractivity contribution in [1.29, 1.82) is 0 Å². The van der Waals surface area contributed by atoms with Crippen LogP contribution in [0, 0.1) is 5.92 Å². The zero-order valence-electron chi connectivity index (χ0n) is 11.3. The molecule has 1 N–H and O–H groups in total. The van der Waals surface area contributed by atoms with Gasteiger partial charge in [-0.1, -0.05) is 19.5 Å². The Balaban J connectivity index is 0.00000121. The summed E-state index contributed by atoms with van der Waals surface area (Å²) >= 11 is 0. The number of aromatic nitrogens is 4. The van der Waals surface area contributed by atoms with Crippen LogP contribution in [0.3, 0.4) is 0 Å². The van der Waals surface area contributed by atoms with Crippen LogP contribution in [0.1, 0.15) is 25.0 Å². The smallest absolute Gasteiger partial charge is 0.133 e. The SMILES string of the molecule is CCC1CNCC1c1cnc2cnc3[n-]ccc3n12.[Re]. The molecule has 1 aliphatic rings. The van der Waals surface area contributed by atoms with Crippen LogP contribution in [0.4, 0.5) is 0 Å². The fourth-order valence-corrected chi connectivity index (χ4v) is 3.22. The molecule has 0 aromatic carbocycles. The Labute approximate surface area is 130 Å². The first-order valence-corrected chi connectivity index (χ1v) is 6.83. The van der Waals surface area contributed by atoms with Crippen LogP contribution in [0.5, 0.6) is 0 Å².